The molecule has 0 spiro atoms. The molecule has 0 aliphatic heterocycles. The van der Waals surface area contributed by atoms with Crippen LogP contribution in [0.3, 0.4) is 0 Å². The molecule has 6 heteroatoms. The molecule has 0 aromatic heterocycles. The minimum Gasteiger partial charge on any atom is -0.496 e. The SMILES string of the molecule is COc1cc(Br)c(Oc2cccc(F)c2N)cc1Br. The Balaban J connectivity index is 2.38. The second-order valence-electron chi connectivity index (χ2n) is 3.67. The molecule has 100 valence electrons. The van der Waals surface area contributed by atoms with Crippen LogP contribution in [0.4, 0.5) is 10.1 Å². The van der Waals surface area contributed by atoms with Crippen molar-refractivity contribution < 1.29 is 13.9 Å². The van der Waals surface area contributed by atoms with Crippen molar-refractivity contribution in [2.45, 2.75) is 0 Å². The quantitative estimate of drug-likeness (QED) is 0.770. The molecule has 0 aliphatic carbocycles. The first-order valence-electron chi connectivity index (χ1n) is 5.27. The first-order chi connectivity index (χ1) is 9.02. The normalized spacial score (nSPS) is 10.3. The first-order valence-corrected chi connectivity index (χ1v) is 6.86. The highest BCUT2D eigenvalue weighted by Crippen LogP contribution is 2.39. The lowest BCUT2D eigenvalue weighted by Gasteiger charge is -2.12. The fourth-order valence-electron chi connectivity index (χ4n) is 1.47. The van der Waals surface area contributed by atoms with E-state index >= 15 is 0 Å². The van der Waals surface area contributed by atoms with Crippen LogP contribution in [0, 0.1) is 5.82 Å². The Labute approximate surface area is 126 Å². The van der Waals surface area contributed by atoms with E-state index in [4.69, 9.17) is 15.2 Å². The number of nitrogen functional groups attached to an aromatic ring is 1. The molecule has 19 heavy (non-hydrogen) atoms. The molecule has 0 heterocycles. The van der Waals surface area contributed by atoms with Crippen molar-refractivity contribution in [2.75, 3.05) is 12.8 Å². The summed E-state index contributed by atoms with van der Waals surface area (Å²) in [5.41, 5.74) is 5.60. The number of hydrogen-bond acceptors (Lipinski definition) is 3. The molecule has 0 saturated carbocycles. The topological polar surface area (TPSA) is 44.5 Å². The number of methoxy groups -OCH3 is 1. The average molecular weight is 391 g/mol. The van der Waals surface area contributed by atoms with Gasteiger partial charge in [0.15, 0.2) is 5.75 Å². The predicted molar refractivity (Wildman–Crippen MR) is 79.3 cm³/mol. The van der Waals surface area contributed by atoms with Crippen LogP contribution in [0.5, 0.6) is 17.2 Å². The molecule has 0 amide bonds. The summed E-state index contributed by atoms with van der Waals surface area (Å²) in [5, 5.41) is 0. The summed E-state index contributed by atoms with van der Waals surface area (Å²) >= 11 is 6.72. The number of ether oxygens (including phenoxy) is 2. The standard InChI is InChI=1S/C13H10Br2FNO2/c1-18-11-5-8(15)12(6-7(11)14)19-10-4-2-3-9(16)13(10)17/h2-6H,17H2,1H3. The summed E-state index contributed by atoms with van der Waals surface area (Å²) < 4.78 is 25.5. The Kier molecular flexibility index (Phi) is 4.31. The molecule has 0 unspecified atom stereocenters. The van der Waals surface area contributed by atoms with E-state index in [1.54, 1.807) is 25.3 Å². The van der Waals surface area contributed by atoms with Gasteiger partial charge < -0.3 is 15.2 Å². The third-order valence-electron chi connectivity index (χ3n) is 2.44. The summed E-state index contributed by atoms with van der Waals surface area (Å²) in [6.07, 6.45) is 0. The molecule has 2 aromatic carbocycles. The van der Waals surface area contributed by atoms with Crippen molar-refractivity contribution in [3.8, 4) is 17.2 Å². The van der Waals surface area contributed by atoms with Crippen LogP contribution in [0.25, 0.3) is 0 Å². The molecule has 0 fully saturated rings. The lowest BCUT2D eigenvalue weighted by atomic mass is 10.3. The monoisotopic (exact) mass is 389 g/mol. The van der Waals surface area contributed by atoms with Crippen LogP contribution < -0.4 is 15.2 Å². The van der Waals surface area contributed by atoms with Gasteiger partial charge in [-0.05, 0) is 56.1 Å². The van der Waals surface area contributed by atoms with E-state index in [-0.39, 0.29) is 11.4 Å². The van der Waals surface area contributed by atoms with E-state index in [2.05, 4.69) is 31.9 Å². The van der Waals surface area contributed by atoms with Gasteiger partial charge in [-0.1, -0.05) is 6.07 Å². The van der Waals surface area contributed by atoms with Crippen molar-refractivity contribution in [3.05, 3.63) is 45.1 Å². The van der Waals surface area contributed by atoms with Crippen molar-refractivity contribution in [2.24, 2.45) is 0 Å². The molecule has 2 aromatic rings. The molecule has 2 rings (SSSR count). The summed E-state index contributed by atoms with van der Waals surface area (Å²) in [7, 11) is 1.57. The van der Waals surface area contributed by atoms with Crippen LogP contribution in [0.1, 0.15) is 0 Å². The number of halogens is 3. The maximum Gasteiger partial charge on any atom is 0.153 e. The number of anilines is 1. The number of hydrogen-bond donors (Lipinski definition) is 1. The second kappa shape index (κ2) is 5.79. The molecule has 0 atom stereocenters. The maximum absolute atomic E-state index is 13.3. The molecule has 2 N–H and O–H groups in total. The van der Waals surface area contributed by atoms with Crippen LogP contribution in [-0.2, 0) is 0 Å². The largest absolute Gasteiger partial charge is 0.496 e. The van der Waals surface area contributed by atoms with E-state index in [1.807, 2.05) is 0 Å². The Hall–Kier alpha value is -1.27. The lowest BCUT2D eigenvalue weighted by Crippen LogP contribution is -1.96. The van der Waals surface area contributed by atoms with E-state index in [0.717, 1.165) is 4.47 Å². The second-order valence-corrected chi connectivity index (χ2v) is 5.38. The number of benzene rings is 2. The van der Waals surface area contributed by atoms with Gasteiger partial charge in [0.05, 0.1) is 16.1 Å². The van der Waals surface area contributed by atoms with Crippen molar-refractivity contribution in [3.63, 3.8) is 0 Å². The van der Waals surface area contributed by atoms with Gasteiger partial charge in [-0.25, -0.2) is 4.39 Å². The zero-order chi connectivity index (χ0) is 14.0. The van der Waals surface area contributed by atoms with Crippen LogP contribution in [-0.4, -0.2) is 7.11 Å². The Morgan fingerprint density at radius 3 is 2.37 bits per heavy atom. The first kappa shape index (κ1) is 14.1. The molecule has 0 radical (unpaired) electrons. The molecule has 0 bridgehead atoms. The highest BCUT2D eigenvalue weighted by molar-refractivity contribution is 9.11. The fourth-order valence-corrected chi connectivity index (χ4v) is 2.36. The fraction of sp³-hybridized carbons (Fsp3) is 0.0769. The van der Waals surface area contributed by atoms with E-state index in [9.17, 15) is 4.39 Å². The molecular weight excluding hydrogens is 381 g/mol. The Morgan fingerprint density at radius 2 is 1.68 bits per heavy atom. The third kappa shape index (κ3) is 3.01. The van der Waals surface area contributed by atoms with E-state index < -0.39 is 5.82 Å². The van der Waals surface area contributed by atoms with E-state index in [0.29, 0.717) is 16.0 Å². The zero-order valence-corrected chi connectivity index (χ0v) is 13.1. The number of nitrogens with two attached hydrogens (primary N) is 1. The maximum atomic E-state index is 13.3. The van der Waals surface area contributed by atoms with Crippen molar-refractivity contribution >= 4 is 37.5 Å². The molecule has 0 saturated heterocycles. The van der Waals surface area contributed by atoms with Gasteiger partial charge in [-0.3, -0.25) is 0 Å². The minimum absolute atomic E-state index is 0.0265. The summed E-state index contributed by atoms with van der Waals surface area (Å²) in [5.74, 6) is 0.912. The average Bonchev–Trinajstić information content (AvgIpc) is 2.38. The van der Waals surface area contributed by atoms with Crippen molar-refractivity contribution in [1.29, 1.82) is 0 Å². The van der Waals surface area contributed by atoms with Gasteiger partial charge in [0.2, 0.25) is 0 Å². The molecule has 0 aliphatic rings. The van der Waals surface area contributed by atoms with Gasteiger partial charge >= 0.3 is 0 Å². The van der Waals surface area contributed by atoms with Gasteiger partial charge in [-0.15, -0.1) is 0 Å². The van der Waals surface area contributed by atoms with Crippen molar-refractivity contribution in [1.82, 2.24) is 0 Å². The summed E-state index contributed by atoms with van der Waals surface area (Å²) in [6.45, 7) is 0. The van der Waals surface area contributed by atoms with Gasteiger partial charge in [0, 0.05) is 0 Å². The lowest BCUT2D eigenvalue weighted by molar-refractivity contribution is 0.409. The molecule has 3 nitrogen and oxygen atoms in total. The van der Waals surface area contributed by atoms with Gasteiger partial charge in [0.25, 0.3) is 0 Å². The predicted octanol–water partition coefficient (Wildman–Crippen LogP) is 4.73. The van der Waals surface area contributed by atoms with Crippen LogP contribution >= 0.6 is 31.9 Å². The van der Waals surface area contributed by atoms with Crippen LogP contribution in [0.2, 0.25) is 0 Å². The summed E-state index contributed by atoms with van der Waals surface area (Å²) in [6, 6.07) is 7.87. The molecular formula is C13H10Br2FNO2. The number of rotatable bonds is 3. The highest BCUT2D eigenvalue weighted by atomic mass is 79.9. The smallest absolute Gasteiger partial charge is 0.153 e. The minimum atomic E-state index is -0.513. The van der Waals surface area contributed by atoms with Crippen LogP contribution in [0.15, 0.2) is 39.3 Å². The van der Waals surface area contributed by atoms with Gasteiger partial charge in [0.1, 0.15) is 23.0 Å². The third-order valence-corrected chi connectivity index (χ3v) is 3.68. The number of para-hydroxylation sites is 1. The van der Waals surface area contributed by atoms with Gasteiger partial charge in [-0.2, -0.15) is 0 Å². The summed E-state index contributed by atoms with van der Waals surface area (Å²) in [4.78, 5) is 0. The van der Waals surface area contributed by atoms with E-state index in [1.165, 1.54) is 12.1 Å². The Morgan fingerprint density at radius 1 is 1.05 bits per heavy atom. The zero-order valence-electron chi connectivity index (χ0n) is 9.91. The highest BCUT2D eigenvalue weighted by Gasteiger charge is 2.12. The Bertz CT molecular complexity index is 620.